The minimum atomic E-state index is -0.322. The number of fused-ring (bicyclic) bond motifs is 1. The summed E-state index contributed by atoms with van der Waals surface area (Å²) in [6.45, 7) is 5.14. The summed E-state index contributed by atoms with van der Waals surface area (Å²) < 4.78 is 1.93. The van der Waals surface area contributed by atoms with Crippen LogP contribution < -0.4 is 10.6 Å². The molecule has 2 aliphatic heterocycles. The number of piperidine rings is 2. The summed E-state index contributed by atoms with van der Waals surface area (Å²) in [5.41, 5.74) is 6.80. The number of anilines is 1. The van der Waals surface area contributed by atoms with Crippen LogP contribution in [0.1, 0.15) is 43.1 Å². The molecule has 3 N–H and O–H groups in total. The van der Waals surface area contributed by atoms with Gasteiger partial charge in [-0.3, -0.25) is 9.59 Å². The highest BCUT2D eigenvalue weighted by molar-refractivity contribution is 6.00. The lowest BCUT2D eigenvalue weighted by Gasteiger charge is -2.31. The van der Waals surface area contributed by atoms with Gasteiger partial charge in [0.25, 0.3) is 5.91 Å². The number of aliphatic hydroxyl groups excluding tert-OH is 1. The first-order valence-electron chi connectivity index (χ1n) is 10.4. The maximum Gasteiger partial charge on any atom is 0.270 e. The monoisotopic (exact) mass is 400 g/mol. The zero-order chi connectivity index (χ0) is 20.5. The largest absolute Gasteiger partial charge is 0.393 e. The Morgan fingerprint density at radius 3 is 2.45 bits per heavy atom. The van der Waals surface area contributed by atoms with Crippen LogP contribution in [0.5, 0.6) is 0 Å². The van der Waals surface area contributed by atoms with Gasteiger partial charge in [-0.1, -0.05) is 0 Å². The van der Waals surface area contributed by atoms with Crippen LogP contribution in [0.25, 0.3) is 11.0 Å². The Bertz CT molecular complexity index is 910. The number of hydrogen-bond acceptors (Lipinski definition) is 6. The number of carbonyl (C=O) groups is 2. The first kappa shape index (κ1) is 19.6. The summed E-state index contributed by atoms with van der Waals surface area (Å²) in [7, 11) is 0. The van der Waals surface area contributed by atoms with Crippen molar-refractivity contribution < 1.29 is 14.7 Å². The molecule has 0 aliphatic carbocycles. The summed E-state index contributed by atoms with van der Waals surface area (Å²) in [5, 5.41) is 10.6. The summed E-state index contributed by atoms with van der Waals surface area (Å²) in [4.78, 5) is 37.5. The third kappa shape index (κ3) is 3.66. The van der Waals surface area contributed by atoms with Gasteiger partial charge < -0.3 is 25.2 Å². The number of rotatable bonds is 4. The van der Waals surface area contributed by atoms with E-state index in [1.807, 2.05) is 17.6 Å². The van der Waals surface area contributed by atoms with Gasteiger partial charge in [0.15, 0.2) is 0 Å². The second-order valence-electron chi connectivity index (χ2n) is 7.90. The van der Waals surface area contributed by atoms with E-state index in [1.165, 1.54) is 6.33 Å². The van der Waals surface area contributed by atoms with E-state index in [0.717, 1.165) is 16.9 Å². The highest BCUT2D eigenvalue weighted by atomic mass is 16.3. The topological polar surface area (TPSA) is 118 Å². The minimum absolute atomic E-state index is 0.0323. The smallest absolute Gasteiger partial charge is 0.270 e. The van der Waals surface area contributed by atoms with Gasteiger partial charge in [0, 0.05) is 38.6 Å². The van der Waals surface area contributed by atoms with Crippen LogP contribution in [0, 0.1) is 5.92 Å². The second kappa shape index (κ2) is 7.98. The maximum atomic E-state index is 13.2. The lowest BCUT2D eigenvalue weighted by Crippen LogP contribution is -2.40. The van der Waals surface area contributed by atoms with E-state index in [9.17, 15) is 14.7 Å². The van der Waals surface area contributed by atoms with Crippen LogP contribution in [0.15, 0.2) is 12.4 Å². The van der Waals surface area contributed by atoms with Gasteiger partial charge in [0.2, 0.25) is 5.91 Å². The van der Waals surface area contributed by atoms with Crippen molar-refractivity contribution in [3.8, 4) is 0 Å². The van der Waals surface area contributed by atoms with Crippen molar-refractivity contribution in [3.05, 3.63) is 18.1 Å². The molecule has 9 heteroatoms. The third-order valence-electron chi connectivity index (χ3n) is 6.15. The van der Waals surface area contributed by atoms with Gasteiger partial charge in [0.1, 0.15) is 23.5 Å². The summed E-state index contributed by atoms with van der Waals surface area (Å²) >= 11 is 0. The van der Waals surface area contributed by atoms with E-state index in [0.29, 0.717) is 64.1 Å². The molecule has 0 saturated carbocycles. The van der Waals surface area contributed by atoms with E-state index in [4.69, 9.17) is 5.73 Å². The first-order chi connectivity index (χ1) is 14.0. The van der Waals surface area contributed by atoms with Crippen molar-refractivity contribution in [1.82, 2.24) is 19.4 Å². The van der Waals surface area contributed by atoms with Crippen LogP contribution in [0.4, 0.5) is 5.82 Å². The van der Waals surface area contributed by atoms with Crippen molar-refractivity contribution in [2.75, 3.05) is 31.1 Å². The molecule has 0 aromatic carbocycles. The predicted octanol–water partition coefficient (Wildman–Crippen LogP) is 0.750. The van der Waals surface area contributed by atoms with Gasteiger partial charge >= 0.3 is 0 Å². The zero-order valence-electron chi connectivity index (χ0n) is 16.8. The van der Waals surface area contributed by atoms with E-state index >= 15 is 0 Å². The van der Waals surface area contributed by atoms with E-state index < -0.39 is 0 Å². The van der Waals surface area contributed by atoms with E-state index in [2.05, 4.69) is 14.9 Å². The first-order valence-corrected chi connectivity index (χ1v) is 10.4. The molecule has 4 heterocycles. The number of amides is 2. The van der Waals surface area contributed by atoms with Crippen molar-refractivity contribution >= 4 is 28.7 Å². The molecule has 2 aliphatic rings. The fourth-order valence-corrected chi connectivity index (χ4v) is 4.41. The fraction of sp³-hybridized carbons (Fsp3) is 0.600. The Morgan fingerprint density at radius 2 is 1.83 bits per heavy atom. The molecule has 0 bridgehead atoms. The molecule has 0 unspecified atom stereocenters. The number of aryl methyl sites for hydroxylation is 1. The number of nitrogens with two attached hydrogens (primary N) is 1. The number of primary amides is 1. The number of hydrogen-bond donors (Lipinski definition) is 2. The molecule has 29 heavy (non-hydrogen) atoms. The quantitative estimate of drug-likeness (QED) is 0.782. The van der Waals surface area contributed by atoms with Crippen molar-refractivity contribution in [1.29, 1.82) is 0 Å². The van der Waals surface area contributed by atoms with Crippen LogP contribution in [0.2, 0.25) is 0 Å². The van der Waals surface area contributed by atoms with Gasteiger partial charge in [-0.25, -0.2) is 9.97 Å². The molecule has 2 aromatic rings. The summed E-state index contributed by atoms with van der Waals surface area (Å²) in [6.07, 6.45) is 3.84. The number of aliphatic hydroxyl groups is 1. The molecule has 2 fully saturated rings. The Morgan fingerprint density at radius 1 is 1.14 bits per heavy atom. The van der Waals surface area contributed by atoms with Gasteiger partial charge in [-0.15, -0.1) is 0 Å². The average molecular weight is 400 g/mol. The van der Waals surface area contributed by atoms with Crippen molar-refractivity contribution in [3.63, 3.8) is 0 Å². The van der Waals surface area contributed by atoms with Crippen molar-refractivity contribution in [2.24, 2.45) is 11.7 Å². The van der Waals surface area contributed by atoms with Crippen LogP contribution in [0.3, 0.4) is 0 Å². The lowest BCUT2D eigenvalue weighted by atomic mass is 9.96. The Hall–Kier alpha value is -2.68. The molecular weight excluding hydrogens is 372 g/mol. The molecule has 0 radical (unpaired) electrons. The number of aromatic nitrogens is 3. The predicted molar refractivity (Wildman–Crippen MR) is 108 cm³/mol. The van der Waals surface area contributed by atoms with E-state index in [-0.39, 0.29) is 23.8 Å². The standard InChI is InChI=1S/C20H28N6O3/c1-2-26-16(20(29)25-9-5-14(27)6-10-25)11-15-18(22-12-23-19(15)26)24-7-3-13(4-8-24)17(21)28/h11-14,27H,2-10H2,1H3,(H2,21,28). The molecule has 156 valence electrons. The number of carbonyl (C=O) groups excluding carboxylic acids is 2. The third-order valence-corrected chi connectivity index (χ3v) is 6.15. The van der Waals surface area contributed by atoms with Gasteiger partial charge in [-0.2, -0.15) is 0 Å². The normalized spacial score (nSPS) is 19.1. The lowest BCUT2D eigenvalue weighted by molar-refractivity contribution is -0.122. The molecule has 9 nitrogen and oxygen atoms in total. The van der Waals surface area contributed by atoms with Crippen LogP contribution >= 0.6 is 0 Å². The second-order valence-corrected chi connectivity index (χ2v) is 7.90. The summed E-state index contributed by atoms with van der Waals surface area (Å²) in [6, 6.07) is 1.89. The molecule has 2 amide bonds. The van der Waals surface area contributed by atoms with Crippen molar-refractivity contribution in [2.45, 2.75) is 45.3 Å². The SMILES string of the molecule is CCn1c(C(=O)N2CCC(O)CC2)cc2c(N3CCC(C(N)=O)CC3)ncnc21. The van der Waals surface area contributed by atoms with Crippen LogP contribution in [-0.2, 0) is 11.3 Å². The minimum Gasteiger partial charge on any atom is -0.393 e. The zero-order valence-corrected chi connectivity index (χ0v) is 16.8. The number of nitrogens with zero attached hydrogens (tertiary/aromatic N) is 5. The highest BCUT2D eigenvalue weighted by Gasteiger charge is 2.29. The number of likely N-dealkylation sites (tertiary alicyclic amines) is 1. The summed E-state index contributed by atoms with van der Waals surface area (Å²) in [5.74, 6) is 0.438. The fourth-order valence-electron chi connectivity index (χ4n) is 4.41. The molecular formula is C20H28N6O3. The molecule has 0 spiro atoms. The van der Waals surface area contributed by atoms with Crippen LogP contribution in [-0.4, -0.2) is 68.6 Å². The Balaban J connectivity index is 1.65. The molecule has 2 saturated heterocycles. The average Bonchev–Trinajstić information content (AvgIpc) is 3.12. The van der Waals surface area contributed by atoms with E-state index in [1.54, 1.807) is 4.90 Å². The highest BCUT2D eigenvalue weighted by Crippen LogP contribution is 2.30. The molecule has 0 atom stereocenters. The molecule has 4 rings (SSSR count). The Labute approximate surface area is 169 Å². The molecule has 2 aromatic heterocycles. The Kier molecular flexibility index (Phi) is 5.40. The maximum absolute atomic E-state index is 13.2. The van der Waals surface area contributed by atoms with Gasteiger partial charge in [0.05, 0.1) is 11.5 Å². The van der Waals surface area contributed by atoms with Gasteiger partial charge in [-0.05, 0) is 38.7 Å².